The number of ether oxygens (including phenoxy) is 2. The molecule has 1 amide bonds. The monoisotopic (exact) mass is 185 g/mol. The molecule has 4 nitrogen and oxygen atoms in total. The van der Waals surface area contributed by atoms with Crippen molar-refractivity contribution in [3.63, 3.8) is 0 Å². The molecular formula is C9H15NO3. The lowest BCUT2D eigenvalue weighted by Crippen LogP contribution is -2.50. The molecule has 0 N–H and O–H groups in total. The first kappa shape index (κ1) is 8.97. The Morgan fingerprint density at radius 2 is 2.00 bits per heavy atom. The van der Waals surface area contributed by atoms with Crippen LogP contribution < -0.4 is 0 Å². The van der Waals surface area contributed by atoms with Crippen molar-refractivity contribution in [2.24, 2.45) is 0 Å². The number of hydrogen-bond donors (Lipinski definition) is 0. The number of amides is 1. The first-order valence-electron chi connectivity index (χ1n) is 4.74. The van der Waals surface area contributed by atoms with Crippen molar-refractivity contribution < 1.29 is 14.3 Å². The van der Waals surface area contributed by atoms with Crippen LogP contribution in [0.1, 0.15) is 19.8 Å². The van der Waals surface area contributed by atoms with Gasteiger partial charge in [0, 0.05) is 26.3 Å². The number of hydrogen-bond acceptors (Lipinski definition) is 3. The van der Waals surface area contributed by atoms with E-state index < -0.39 is 0 Å². The highest BCUT2D eigenvalue weighted by molar-refractivity contribution is 5.74. The summed E-state index contributed by atoms with van der Waals surface area (Å²) in [5, 5.41) is 0. The van der Waals surface area contributed by atoms with E-state index >= 15 is 0 Å². The smallest absolute Gasteiger partial charge is 0.221 e. The Morgan fingerprint density at radius 1 is 1.31 bits per heavy atom. The van der Waals surface area contributed by atoms with Crippen LogP contribution in [-0.4, -0.2) is 42.9 Å². The summed E-state index contributed by atoms with van der Waals surface area (Å²) in [6.45, 7) is 4.40. The van der Waals surface area contributed by atoms with Gasteiger partial charge in [-0.15, -0.1) is 0 Å². The summed E-state index contributed by atoms with van der Waals surface area (Å²) in [7, 11) is 0. The van der Waals surface area contributed by atoms with Crippen molar-refractivity contribution in [3.05, 3.63) is 0 Å². The maximum atomic E-state index is 11.3. The molecule has 1 spiro atoms. The van der Waals surface area contributed by atoms with Gasteiger partial charge in [-0.3, -0.25) is 4.79 Å². The van der Waals surface area contributed by atoms with E-state index in [4.69, 9.17) is 9.47 Å². The topological polar surface area (TPSA) is 38.8 Å². The lowest BCUT2D eigenvalue weighted by atomic mass is 10.0. The van der Waals surface area contributed by atoms with Gasteiger partial charge in [0.25, 0.3) is 0 Å². The molecule has 2 saturated heterocycles. The molecule has 0 radical (unpaired) electrons. The van der Waals surface area contributed by atoms with Crippen LogP contribution in [0.3, 0.4) is 0 Å². The van der Waals surface area contributed by atoms with E-state index in [0.717, 1.165) is 19.4 Å². The maximum Gasteiger partial charge on any atom is 0.221 e. The molecule has 2 heterocycles. The normalized spacial score (nSPS) is 26.7. The van der Waals surface area contributed by atoms with Crippen molar-refractivity contribution in [2.45, 2.75) is 25.5 Å². The van der Waals surface area contributed by atoms with Gasteiger partial charge in [0.15, 0.2) is 0 Å². The number of rotatable bonds is 0. The van der Waals surface area contributed by atoms with Crippen LogP contribution in [0.5, 0.6) is 0 Å². The molecule has 0 aromatic heterocycles. The average molecular weight is 185 g/mol. The SMILES string of the molecule is CC(=O)N1CCOC12CCOCC2. The van der Waals surface area contributed by atoms with E-state index in [1.54, 1.807) is 6.92 Å². The quantitative estimate of drug-likeness (QED) is 0.547. The Bertz CT molecular complexity index is 211. The van der Waals surface area contributed by atoms with Gasteiger partial charge in [0.05, 0.1) is 19.8 Å². The summed E-state index contributed by atoms with van der Waals surface area (Å²) in [6, 6.07) is 0. The molecule has 0 aromatic rings. The minimum Gasteiger partial charge on any atom is -0.381 e. The summed E-state index contributed by atoms with van der Waals surface area (Å²) in [4.78, 5) is 13.2. The van der Waals surface area contributed by atoms with Gasteiger partial charge in [-0.05, 0) is 0 Å². The van der Waals surface area contributed by atoms with Crippen LogP contribution in [0, 0.1) is 0 Å². The fraction of sp³-hybridized carbons (Fsp3) is 0.889. The molecule has 0 aromatic carbocycles. The van der Waals surface area contributed by atoms with E-state index in [1.807, 2.05) is 4.90 Å². The second-order valence-electron chi connectivity index (χ2n) is 3.58. The minimum atomic E-state index is -0.329. The summed E-state index contributed by atoms with van der Waals surface area (Å²) in [6.07, 6.45) is 1.62. The van der Waals surface area contributed by atoms with Crippen molar-refractivity contribution in [3.8, 4) is 0 Å². The van der Waals surface area contributed by atoms with Gasteiger partial charge in [-0.1, -0.05) is 0 Å². The van der Waals surface area contributed by atoms with Gasteiger partial charge >= 0.3 is 0 Å². The second-order valence-corrected chi connectivity index (χ2v) is 3.58. The van der Waals surface area contributed by atoms with Crippen molar-refractivity contribution in [1.82, 2.24) is 4.90 Å². The largest absolute Gasteiger partial charge is 0.381 e. The maximum absolute atomic E-state index is 11.3. The van der Waals surface area contributed by atoms with E-state index in [9.17, 15) is 4.79 Å². The first-order valence-corrected chi connectivity index (χ1v) is 4.74. The number of carbonyl (C=O) groups is 1. The summed E-state index contributed by atoms with van der Waals surface area (Å²) in [5.74, 6) is 0.111. The van der Waals surface area contributed by atoms with Crippen LogP contribution in [0.4, 0.5) is 0 Å². The Labute approximate surface area is 77.8 Å². The zero-order chi connectivity index (χ0) is 9.31. The van der Waals surface area contributed by atoms with Gasteiger partial charge in [0.2, 0.25) is 5.91 Å². The van der Waals surface area contributed by atoms with Gasteiger partial charge in [-0.25, -0.2) is 0 Å². The van der Waals surface area contributed by atoms with Gasteiger partial charge < -0.3 is 14.4 Å². The first-order chi connectivity index (χ1) is 6.25. The standard InChI is InChI=1S/C9H15NO3/c1-8(11)10-4-7-13-9(10)2-5-12-6-3-9/h2-7H2,1H3. The highest BCUT2D eigenvalue weighted by Crippen LogP contribution is 2.33. The summed E-state index contributed by atoms with van der Waals surface area (Å²) in [5.41, 5.74) is -0.329. The predicted molar refractivity (Wildman–Crippen MR) is 46.1 cm³/mol. The van der Waals surface area contributed by atoms with Crippen LogP contribution in [-0.2, 0) is 14.3 Å². The molecular weight excluding hydrogens is 170 g/mol. The molecule has 2 fully saturated rings. The average Bonchev–Trinajstić information content (AvgIpc) is 2.50. The van der Waals surface area contributed by atoms with E-state index in [2.05, 4.69) is 0 Å². The van der Waals surface area contributed by atoms with Crippen LogP contribution in [0.15, 0.2) is 0 Å². The van der Waals surface area contributed by atoms with Crippen molar-refractivity contribution >= 4 is 5.91 Å². The molecule has 13 heavy (non-hydrogen) atoms. The Balaban J connectivity index is 2.13. The third-order valence-corrected chi connectivity index (χ3v) is 2.83. The van der Waals surface area contributed by atoms with Crippen molar-refractivity contribution in [1.29, 1.82) is 0 Å². The molecule has 0 atom stereocenters. The van der Waals surface area contributed by atoms with Crippen LogP contribution in [0.25, 0.3) is 0 Å². The molecule has 4 heteroatoms. The third-order valence-electron chi connectivity index (χ3n) is 2.83. The lowest BCUT2D eigenvalue weighted by molar-refractivity contribution is -0.164. The van der Waals surface area contributed by atoms with E-state index in [-0.39, 0.29) is 11.6 Å². The molecule has 0 aliphatic carbocycles. The Hall–Kier alpha value is -0.610. The molecule has 0 bridgehead atoms. The Kier molecular flexibility index (Phi) is 2.26. The van der Waals surface area contributed by atoms with Gasteiger partial charge in [0.1, 0.15) is 5.72 Å². The van der Waals surface area contributed by atoms with Gasteiger partial charge in [-0.2, -0.15) is 0 Å². The molecule has 2 aliphatic heterocycles. The molecule has 0 saturated carbocycles. The fourth-order valence-electron chi connectivity index (χ4n) is 2.16. The summed E-state index contributed by atoms with van der Waals surface area (Å²) < 4.78 is 10.9. The van der Waals surface area contributed by atoms with Crippen molar-refractivity contribution in [2.75, 3.05) is 26.4 Å². The van der Waals surface area contributed by atoms with Crippen LogP contribution in [0.2, 0.25) is 0 Å². The molecule has 74 valence electrons. The van der Waals surface area contributed by atoms with Crippen LogP contribution >= 0.6 is 0 Å². The lowest BCUT2D eigenvalue weighted by Gasteiger charge is -2.39. The zero-order valence-corrected chi connectivity index (χ0v) is 7.91. The Morgan fingerprint density at radius 3 is 2.62 bits per heavy atom. The number of carbonyl (C=O) groups excluding carboxylic acids is 1. The molecule has 2 aliphatic rings. The highest BCUT2D eigenvalue weighted by atomic mass is 16.5. The summed E-state index contributed by atoms with van der Waals surface area (Å²) >= 11 is 0. The number of nitrogens with zero attached hydrogens (tertiary/aromatic N) is 1. The fourth-order valence-corrected chi connectivity index (χ4v) is 2.16. The predicted octanol–water partition coefficient (Wildman–Crippen LogP) is 0.372. The highest BCUT2D eigenvalue weighted by Gasteiger charge is 2.44. The second kappa shape index (κ2) is 3.27. The minimum absolute atomic E-state index is 0.111. The molecule has 0 unspecified atom stereocenters. The van der Waals surface area contributed by atoms with E-state index in [0.29, 0.717) is 19.8 Å². The zero-order valence-electron chi connectivity index (χ0n) is 7.91. The molecule has 2 rings (SSSR count). The third kappa shape index (κ3) is 1.44. The van der Waals surface area contributed by atoms with E-state index in [1.165, 1.54) is 0 Å².